The fourth-order valence-corrected chi connectivity index (χ4v) is 7.39. The van der Waals surface area contributed by atoms with Gasteiger partial charge in [0, 0.05) is 18.7 Å². The summed E-state index contributed by atoms with van der Waals surface area (Å²) < 4.78 is 9.54. The van der Waals surface area contributed by atoms with Gasteiger partial charge in [-0.1, -0.05) is 59.6 Å². The molecule has 0 saturated carbocycles. The molecule has 4 amide bonds. The number of methoxy groups -OCH3 is 2. The van der Waals surface area contributed by atoms with Gasteiger partial charge in [-0.05, 0) is 74.0 Å². The van der Waals surface area contributed by atoms with Crippen molar-refractivity contribution in [3.05, 3.63) is 58.6 Å². The van der Waals surface area contributed by atoms with E-state index in [1.54, 1.807) is 4.90 Å². The summed E-state index contributed by atoms with van der Waals surface area (Å²) in [6.07, 6.45) is 0.222. The molecule has 2 fully saturated rings. The number of likely N-dealkylation sites (tertiary alicyclic amines) is 2. The second-order valence-corrected chi connectivity index (χ2v) is 15.4. The van der Waals surface area contributed by atoms with Crippen molar-refractivity contribution in [1.29, 1.82) is 0 Å². The first-order chi connectivity index (χ1) is 25.6. The van der Waals surface area contributed by atoms with Crippen LogP contribution in [-0.2, 0) is 19.1 Å². The van der Waals surface area contributed by atoms with Crippen LogP contribution in [0.2, 0.25) is 0 Å². The molecule has 6 atom stereocenters. The molecule has 0 radical (unpaired) electrons. The number of aryl methyl sites for hydroxylation is 2. The van der Waals surface area contributed by atoms with Crippen molar-refractivity contribution in [1.82, 2.24) is 40.4 Å². The maximum Gasteiger partial charge on any atom is 0.407 e. The monoisotopic (exact) mass is 742 g/mol. The zero-order valence-corrected chi connectivity index (χ0v) is 33.0. The van der Waals surface area contributed by atoms with Crippen LogP contribution in [0.5, 0.6) is 0 Å². The number of hydrogen-bond donors (Lipinski definition) is 4. The molecule has 0 aliphatic carbocycles. The summed E-state index contributed by atoms with van der Waals surface area (Å²) in [4.78, 5) is 71.6. The summed E-state index contributed by atoms with van der Waals surface area (Å²) in [7, 11) is 2.57. The van der Waals surface area contributed by atoms with Gasteiger partial charge < -0.3 is 39.9 Å². The summed E-state index contributed by atoms with van der Waals surface area (Å²) in [6.45, 7) is 16.8. The van der Waals surface area contributed by atoms with Crippen LogP contribution in [0.3, 0.4) is 0 Å². The van der Waals surface area contributed by atoms with Crippen molar-refractivity contribution in [2.45, 2.75) is 92.4 Å². The second kappa shape index (κ2) is 16.8. The number of rotatable bonds is 9. The largest absolute Gasteiger partial charge is 0.453 e. The van der Waals surface area contributed by atoms with Crippen molar-refractivity contribution in [3.8, 4) is 23.1 Å². The van der Waals surface area contributed by atoms with Crippen molar-refractivity contribution in [2.24, 2.45) is 23.7 Å². The van der Waals surface area contributed by atoms with Crippen LogP contribution in [0.15, 0.2) is 24.3 Å². The Morgan fingerprint density at radius 1 is 0.741 bits per heavy atom. The Hall–Kier alpha value is -5.32. The SMILES string of the molecule is COC(=O)N[C@H](C(=O)N1C[C@H](C)C[C@H]1c1nc(C)c(C#Cc2ccc(-c3[nH]c([C@@H]4C[C@@H](C)CN4C(=O)[C@@H](NC(=O)OC)C(C)C)nc3C)cc2)[nH]1)C(C)C. The Balaban J connectivity index is 1.31. The van der Waals surface area contributed by atoms with Gasteiger partial charge >= 0.3 is 12.2 Å². The number of H-pyrrole nitrogens is 2. The van der Waals surface area contributed by atoms with Gasteiger partial charge in [0.2, 0.25) is 11.8 Å². The number of amides is 4. The lowest BCUT2D eigenvalue weighted by Crippen LogP contribution is -2.51. The molecule has 0 spiro atoms. The lowest BCUT2D eigenvalue weighted by molar-refractivity contribution is -0.136. The maximum absolute atomic E-state index is 13.7. The Morgan fingerprint density at radius 3 is 1.67 bits per heavy atom. The lowest BCUT2D eigenvalue weighted by Gasteiger charge is -2.30. The molecular formula is C40H54N8O6. The molecule has 3 aromatic rings. The third kappa shape index (κ3) is 8.72. The summed E-state index contributed by atoms with van der Waals surface area (Å²) in [5.74, 6) is 7.81. The molecule has 4 N–H and O–H groups in total. The molecular weight excluding hydrogens is 688 g/mol. The topological polar surface area (TPSA) is 175 Å². The predicted octanol–water partition coefficient (Wildman–Crippen LogP) is 5.40. The normalized spacial score (nSPS) is 20.7. The van der Waals surface area contributed by atoms with Gasteiger partial charge in [-0.25, -0.2) is 19.6 Å². The van der Waals surface area contributed by atoms with E-state index < -0.39 is 24.3 Å². The minimum Gasteiger partial charge on any atom is -0.453 e. The number of benzene rings is 1. The van der Waals surface area contributed by atoms with Crippen molar-refractivity contribution in [2.75, 3.05) is 27.3 Å². The molecule has 2 aliphatic rings. The molecule has 0 unspecified atom stereocenters. The fraction of sp³-hybridized carbons (Fsp3) is 0.550. The van der Waals surface area contributed by atoms with E-state index in [0.29, 0.717) is 30.4 Å². The van der Waals surface area contributed by atoms with Crippen LogP contribution in [-0.4, -0.2) is 93.1 Å². The van der Waals surface area contributed by atoms with Crippen LogP contribution in [0, 0.1) is 49.4 Å². The molecule has 290 valence electrons. The third-order valence-corrected chi connectivity index (χ3v) is 10.3. The Bertz CT molecular complexity index is 1900. The van der Waals surface area contributed by atoms with Gasteiger partial charge in [-0.15, -0.1) is 0 Å². The molecule has 1 aromatic carbocycles. The standard InChI is InChI=1S/C40H54N8O6/c1-21(2)32(45-39(51)53-9)37(49)47-19-23(5)17-30(47)35-41-25(7)29(43-35)16-13-27-11-14-28(15-12-27)34-26(8)42-36(44-34)31-18-24(6)20-48(31)38(50)33(22(3)4)46-40(52)54-10/h11-12,14-15,21-24,30-33H,17-20H2,1-10H3,(H,41,43)(H,42,44)(H,45,51)(H,46,52)/t23-,24-,30+,31+,32+,33+/m1/s1. The first-order valence-electron chi connectivity index (χ1n) is 18.7. The lowest BCUT2D eigenvalue weighted by atomic mass is 10.0. The zero-order chi connectivity index (χ0) is 39.4. The molecule has 54 heavy (non-hydrogen) atoms. The number of nitrogens with one attached hydrogen (secondary N) is 4. The Kier molecular flexibility index (Phi) is 12.4. The maximum atomic E-state index is 13.7. The highest BCUT2D eigenvalue weighted by atomic mass is 16.5. The number of aromatic nitrogens is 4. The number of imidazole rings is 2. The van der Waals surface area contributed by atoms with Crippen molar-refractivity contribution >= 4 is 24.0 Å². The number of ether oxygens (including phenoxy) is 2. The summed E-state index contributed by atoms with van der Waals surface area (Å²) in [6, 6.07) is 5.94. The van der Waals surface area contributed by atoms with E-state index in [2.05, 4.69) is 46.3 Å². The fourth-order valence-electron chi connectivity index (χ4n) is 7.39. The van der Waals surface area contributed by atoms with Crippen LogP contribution in [0.4, 0.5) is 9.59 Å². The van der Waals surface area contributed by atoms with Crippen molar-refractivity contribution in [3.63, 3.8) is 0 Å². The van der Waals surface area contributed by atoms with E-state index in [1.165, 1.54) is 14.2 Å². The van der Waals surface area contributed by atoms with E-state index in [4.69, 9.17) is 19.4 Å². The number of hydrogen-bond acceptors (Lipinski definition) is 8. The number of alkyl carbamates (subject to hydrolysis) is 2. The summed E-state index contributed by atoms with van der Waals surface area (Å²) in [5.41, 5.74) is 4.85. The zero-order valence-electron chi connectivity index (χ0n) is 33.0. The molecule has 0 bridgehead atoms. The van der Waals surface area contributed by atoms with Gasteiger partial charge in [0.05, 0.1) is 43.4 Å². The quantitative estimate of drug-likeness (QED) is 0.211. The average molecular weight is 743 g/mol. The molecule has 2 aromatic heterocycles. The van der Waals surface area contributed by atoms with E-state index in [-0.39, 0.29) is 47.6 Å². The highest BCUT2D eigenvalue weighted by Crippen LogP contribution is 2.37. The Labute approximate surface area is 317 Å². The van der Waals surface area contributed by atoms with Gasteiger partial charge in [0.15, 0.2) is 0 Å². The van der Waals surface area contributed by atoms with Crippen LogP contribution < -0.4 is 10.6 Å². The number of nitrogens with zero attached hydrogens (tertiary/aromatic N) is 4. The van der Waals surface area contributed by atoms with Gasteiger partial charge in [0.25, 0.3) is 0 Å². The second-order valence-electron chi connectivity index (χ2n) is 15.4. The van der Waals surface area contributed by atoms with Crippen LogP contribution >= 0.6 is 0 Å². The van der Waals surface area contributed by atoms with Gasteiger partial charge in [-0.3, -0.25) is 9.59 Å². The molecule has 2 saturated heterocycles. The molecule has 14 nitrogen and oxygen atoms in total. The third-order valence-electron chi connectivity index (χ3n) is 10.3. The molecule has 5 rings (SSSR count). The minimum atomic E-state index is -0.717. The number of carbonyl (C=O) groups excluding carboxylic acids is 4. The first-order valence-corrected chi connectivity index (χ1v) is 18.7. The predicted molar refractivity (Wildman–Crippen MR) is 203 cm³/mol. The van der Waals surface area contributed by atoms with Gasteiger partial charge in [-0.2, -0.15) is 0 Å². The van der Waals surface area contributed by atoms with E-state index in [9.17, 15) is 19.2 Å². The minimum absolute atomic E-state index is 0.124. The molecule has 14 heteroatoms. The smallest absolute Gasteiger partial charge is 0.407 e. The van der Waals surface area contributed by atoms with Crippen LogP contribution in [0.1, 0.15) is 101 Å². The van der Waals surface area contributed by atoms with Crippen LogP contribution in [0.25, 0.3) is 11.3 Å². The summed E-state index contributed by atoms with van der Waals surface area (Å²) in [5, 5.41) is 5.40. The van der Waals surface area contributed by atoms with Crippen molar-refractivity contribution < 1.29 is 28.7 Å². The average Bonchev–Trinajstić information content (AvgIpc) is 3.92. The highest BCUT2D eigenvalue weighted by molar-refractivity contribution is 5.87. The molecule has 4 heterocycles. The van der Waals surface area contributed by atoms with E-state index >= 15 is 0 Å². The van der Waals surface area contributed by atoms with Gasteiger partial charge in [0.1, 0.15) is 29.4 Å². The first kappa shape index (κ1) is 39.9. The van der Waals surface area contributed by atoms with E-state index in [1.807, 2.05) is 70.7 Å². The molecule has 2 aliphatic heterocycles. The number of carbonyl (C=O) groups is 4. The highest BCUT2D eigenvalue weighted by Gasteiger charge is 2.42. The Morgan fingerprint density at radius 2 is 1.20 bits per heavy atom. The summed E-state index contributed by atoms with van der Waals surface area (Å²) >= 11 is 0. The number of aromatic amines is 2. The van der Waals surface area contributed by atoms with E-state index in [0.717, 1.165) is 41.1 Å².